The first-order chi connectivity index (χ1) is 16.4. The van der Waals surface area contributed by atoms with Crippen LogP contribution in [0.2, 0.25) is 0 Å². The van der Waals surface area contributed by atoms with Crippen molar-refractivity contribution in [2.45, 2.75) is 26.9 Å². The molecule has 0 unspecified atom stereocenters. The van der Waals surface area contributed by atoms with Gasteiger partial charge in [0.2, 0.25) is 11.8 Å². The average Bonchev–Trinajstić information content (AvgIpc) is 3.37. The van der Waals surface area contributed by atoms with E-state index in [0.29, 0.717) is 34.2 Å². The topological polar surface area (TPSA) is 117 Å². The molecule has 2 aromatic carbocycles. The number of para-hydroxylation sites is 2. The van der Waals surface area contributed by atoms with Gasteiger partial charge in [-0.25, -0.2) is 4.98 Å². The summed E-state index contributed by atoms with van der Waals surface area (Å²) in [6.07, 6.45) is 1.46. The fraction of sp³-hybridized carbons (Fsp3) is 0.208. The van der Waals surface area contributed by atoms with Crippen molar-refractivity contribution in [1.29, 1.82) is 0 Å². The number of aryl methyl sites for hydroxylation is 2. The van der Waals surface area contributed by atoms with Crippen LogP contribution >= 0.6 is 0 Å². The van der Waals surface area contributed by atoms with Crippen molar-refractivity contribution >= 4 is 33.5 Å². The van der Waals surface area contributed by atoms with Crippen molar-refractivity contribution in [2.24, 2.45) is 0 Å². The molecule has 0 saturated carbocycles. The smallest absolute Gasteiger partial charge is 0.278 e. The van der Waals surface area contributed by atoms with Gasteiger partial charge in [-0.15, -0.1) is 0 Å². The van der Waals surface area contributed by atoms with Gasteiger partial charge in [-0.05, 0) is 38.1 Å². The predicted molar refractivity (Wildman–Crippen MR) is 126 cm³/mol. The van der Waals surface area contributed by atoms with Crippen molar-refractivity contribution in [3.8, 4) is 5.75 Å². The van der Waals surface area contributed by atoms with Crippen LogP contribution in [0.1, 0.15) is 17.3 Å². The Labute approximate surface area is 193 Å². The summed E-state index contributed by atoms with van der Waals surface area (Å²) >= 11 is 0. The van der Waals surface area contributed by atoms with Crippen LogP contribution in [0, 0.1) is 13.8 Å². The van der Waals surface area contributed by atoms with Crippen LogP contribution < -0.4 is 15.6 Å². The molecule has 34 heavy (non-hydrogen) atoms. The highest BCUT2D eigenvalue weighted by atomic mass is 16.5. The summed E-state index contributed by atoms with van der Waals surface area (Å²) < 4.78 is 13.6. The van der Waals surface area contributed by atoms with Crippen molar-refractivity contribution in [2.75, 3.05) is 12.4 Å². The molecule has 0 aliphatic carbocycles. The number of methoxy groups -OCH3 is 1. The van der Waals surface area contributed by atoms with Gasteiger partial charge >= 0.3 is 0 Å². The van der Waals surface area contributed by atoms with Gasteiger partial charge in [0.15, 0.2) is 5.82 Å². The molecule has 0 fully saturated rings. The highest BCUT2D eigenvalue weighted by Gasteiger charge is 2.20. The molecule has 10 nitrogen and oxygen atoms in total. The molecule has 0 saturated heterocycles. The first-order valence-corrected chi connectivity index (χ1v) is 10.6. The number of benzene rings is 2. The number of amides is 1. The number of nitrogens with zero attached hydrogens (tertiary/aromatic N) is 5. The van der Waals surface area contributed by atoms with Gasteiger partial charge in [-0.1, -0.05) is 28.9 Å². The minimum absolute atomic E-state index is 0.0799. The van der Waals surface area contributed by atoms with Crippen LogP contribution in [0.4, 0.5) is 5.69 Å². The van der Waals surface area contributed by atoms with Crippen LogP contribution in [0.15, 0.2) is 58.1 Å². The second-order valence-electron chi connectivity index (χ2n) is 7.97. The lowest BCUT2D eigenvalue weighted by atomic mass is 10.1. The second kappa shape index (κ2) is 8.47. The maximum Gasteiger partial charge on any atom is 0.278 e. The molecule has 5 aromatic rings. The molecule has 3 aromatic heterocycles. The van der Waals surface area contributed by atoms with Gasteiger partial charge < -0.3 is 19.1 Å². The number of rotatable bonds is 6. The molecule has 5 rings (SSSR count). The van der Waals surface area contributed by atoms with Gasteiger partial charge in [0.1, 0.15) is 29.9 Å². The van der Waals surface area contributed by atoms with E-state index in [1.54, 1.807) is 30.7 Å². The summed E-state index contributed by atoms with van der Waals surface area (Å²) in [7, 11) is 1.54. The molecular weight excluding hydrogens is 436 g/mol. The van der Waals surface area contributed by atoms with E-state index in [9.17, 15) is 9.59 Å². The monoisotopic (exact) mass is 458 g/mol. The van der Waals surface area contributed by atoms with Gasteiger partial charge in [0.25, 0.3) is 5.56 Å². The SMILES string of the molecule is COc1ccccc1NC(=O)Cn1c2ccc(C)cc2c2ncn(Cc3nc(C)no3)c(=O)c21. The molecule has 0 aliphatic heterocycles. The molecular formula is C24H22N6O4. The zero-order valence-electron chi connectivity index (χ0n) is 18.9. The van der Waals surface area contributed by atoms with E-state index in [4.69, 9.17) is 9.26 Å². The summed E-state index contributed by atoms with van der Waals surface area (Å²) in [4.78, 5) is 35.3. The minimum Gasteiger partial charge on any atom is -0.495 e. The van der Waals surface area contributed by atoms with Gasteiger partial charge in [0, 0.05) is 5.39 Å². The maximum atomic E-state index is 13.5. The number of aromatic nitrogens is 5. The molecule has 1 N–H and O–H groups in total. The van der Waals surface area contributed by atoms with Crippen LogP contribution in [0.25, 0.3) is 21.9 Å². The molecule has 172 valence electrons. The molecule has 0 atom stereocenters. The highest BCUT2D eigenvalue weighted by Crippen LogP contribution is 2.27. The summed E-state index contributed by atoms with van der Waals surface area (Å²) in [5.74, 6) is 1.03. The Kier molecular flexibility index (Phi) is 5.33. The van der Waals surface area contributed by atoms with Crippen LogP contribution in [0.3, 0.4) is 0 Å². The molecule has 3 heterocycles. The summed E-state index contributed by atoms with van der Waals surface area (Å²) in [6.45, 7) is 3.67. The van der Waals surface area contributed by atoms with E-state index in [1.807, 2.05) is 37.3 Å². The first-order valence-electron chi connectivity index (χ1n) is 10.6. The molecule has 0 bridgehead atoms. The predicted octanol–water partition coefficient (Wildman–Crippen LogP) is 3.05. The Morgan fingerprint density at radius 3 is 2.76 bits per heavy atom. The lowest BCUT2D eigenvalue weighted by Crippen LogP contribution is -2.25. The lowest BCUT2D eigenvalue weighted by molar-refractivity contribution is -0.116. The largest absolute Gasteiger partial charge is 0.495 e. The molecule has 10 heteroatoms. The van der Waals surface area contributed by atoms with E-state index in [2.05, 4.69) is 20.4 Å². The third kappa shape index (κ3) is 3.79. The summed E-state index contributed by atoms with van der Waals surface area (Å²) in [5.41, 5.74) is 2.87. The highest BCUT2D eigenvalue weighted by molar-refractivity contribution is 6.06. The van der Waals surface area contributed by atoms with Gasteiger partial charge in [0.05, 0.1) is 24.6 Å². The minimum atomic E-state index is -0.306. The van der Waals surface area contributed by atoms with Crippen molar-refractivity contribution < 1.29 is 14.1 Å². The van der Waals surface area contributed by atoms with E-state index in [-0.39, 0.29) is 24.6 Å². The third-order valence-electron chi connectivity index (χ3n) is 5.54. The number of hydrogen-bond donors (Lipinski definition) is 1. The molecule has 1 amide bonds. The number of nitrogens with one attached hydrogen (secondary N) is 1. The number of carbonyl (C=O) groups is 1. The average molecular weight is 458 g/mol. The maximum absolute atomic E-state index is 13.5. The van der Waals surface area contributed by atoms with E-state index >= 15 is 0 Å². The fourth-order valence-electron chi connectivity index (χ4n) is 4.02. The van der Waals surface area contributed by atoms with Crippen LogP contribution in [-0.4, -0.2) is 37.3 Å². The van der Waals surface area contributed by atoms with E-state index in [0.717, 1.165) is 16.5 Å². The Bertz CT molecular complexity index is 1600. The fourth-order valence-corrected chi connectivity index (χ4v) is 4.02. The molecule has 0 aliphatic rings. The Morgan fingerprint density at radius 1 is 1.18 bits per heavy atom. The van der Waals surface area contributed by atoms with Gasteiger partial charge in [-0.3, -0.25) is 14.2 Å². The standard InChI is InChI=1S/C24H22N6O4/c1-14-8-9-18-16(10-14)22-23(24(32)29(13-25-22)12-21-26-15(2)28-34-21)30(18)11-20(31)27-17-6-4-5-7-19(17)33-3/h4-10,13H,11-12H2,1-3H3,(H,27,31). The normalized spacial score (nSPS) is 11.3. The Balaban J connectivity index is 1.60. The Hall–Kier alpha value is -4.47. The van der Waals surface area contributed by atoms with Crippen molar-refractivity contribution in [3.05, 3.63) is 76.4 Å². The third-order valence-corrected chi connectivity index (χ3v) is 5.54. The molecule has 0 radical (unpaired) electrons. The number of fused-ring (bicyclic) bond motifs is 3. The van der Waals surface area contributed by atoms with Crippen LogP contribution in [0.5, 0.6) is 5.75 Å². The first kappa shape index (κ1) is 21.4. The van der Waals surface area contributed by atoms with E-state index in [1.165, 1.54) is 10.9 Å². The van der Waals surface area contributed by atoms with Crippen molar-refractivity contribution in [3.63, 3.8) is 0 Å². The number of hydrogen-bond acceptors (Lipinski definition) is 7. The lowest BCUT2D eigenvalue weighted by Gasteiger charge is -2.11. The second-order valence-corrected chi connectivity index (χ2v) is 7.97. The number of anilines is 1. The zero-order valence-corrected chi connectivity index (χ0v) is 18.9. The van der Waals surface area contributed by atoms with Crippen molar-refractivity contribution in [1.82, 2.24) is 24.3 Å². The Morgan fingerprint density at radius 2 is 2.00 bits per heavy atom. The summed E-state index contributed by atoms with van der Waals surface area (Å²) in [5, 5.41) is 7.44. The molecule has 0 spiro atoms. The zero-order chi connectivity index (χ0) is 23.8. The van der Waals surface area contributed by atoms with Crippen LogP contribution in [-0.2, 0) is 17.9 Å². The quantitative estimate of drug-likeness (QED) is 0.416. The van der Waals surface area contributed by atoms with Gasteiger partial charge in [-0.2, -0.15) is 4.98 Å². The summed E-state index contributed by atoms with van der Waals surface area (Å²) in [6, 6.07) is 13.0. The number of ether oxygens (including phenoxy) is 1. The number of carbonyl (C=O) groups excluding carboxylic acids is 1. The van der Waals surface area contributed by atoms with E-state index < -0.39 is 0 Å².